The molecule has 0 aromatic carbocycles. The van der Waals surface area contributed by atoms with Crippen LogP contribution in [-0.4, -0.2) is 21.3 Å². The summed E-state index contributed by atoms with van der Waals surface area (Å²) in [7, 11) is -4.52. The lowest BCUT2D eigenvalue weighted by molar-refractivity contribution is 0.0214. The second-order valence-electron chi connectivity index (χ2n) is 4.99. The number of phosphoric acid groups is 1. The van der Waals surface area contributed by atoms with Gasteiger partial charge in [0.1, 0.15) is 5.72 Å². The Morgan fingerprint density at radius 1 is 1.11 bits per heavy atom. The van der Waals surface area contributed by atoms with Gasteiger partial charge in [-0.05, 0) is 31.4 Å². The van der Waals surface area contributed by atoms with E-state index in [9.17, 15) is 4.57 Å². The highest BCUT2D eigenvalue weighted by atomic mass is 32.1. The fourth-order valence-electron chi connectivity index (χ4n) is 2.12. The predicted molar refractivity (Wildman–Crippen MR) is 81.1 cm³/mol. The van der Waals surface area contributed by atoms with Crippen molar-refractivity contribution in [1.82, 2.24) is 0 Å². The van der Waals surface area contributed by atoms with Crippen LogP contribution in [0.25, 0.3) is 0 Å². The molecule has 0 amide bonds. The van der Waals surface area contributed by atoms with E-state index in [4.69, 9.17) is 20.0 Å². The summed E-state index contributed by atoms with van der Waals surface area (Å²) >= 11 is 4.16. The molecule has 0 aliphatic carbocycles. The van der Waals surface area contributed by atoms with Crippen molar-refractivity contribution in [3.05, 3.63) is 0 Å². The molecule has 0 saturated heterocycles. The van der Waals surface area contributed by atoms with Gasteiger partial charge in [0.15, 0.2) is 0 Å². The van der Waals surface area contributed by atoms with Crippen molar-refractivity contribution in [1.29, 1.82) is 0 Å². The topological polar surface area (TPSA) is 92.8 Å². The Morgan fingerprint density at radius 3 is 2.11 bits per heavy atom. The number of nitrogens with two attached hydrogens (primary N) is 1. The Morgan fingerprint density at radius 2 is 1.63 bits per heavy atom. The largest absolute Gasteiger partial charge is 0.471 e. The van der Waals surface area contributed by atoms with E-state index in [1.807, 2.05) is 6.92 Å². The minimum absolute atomic E-state index is 0.456. The van der Waals surface area contributed by atoms with Gasteiger partial charge in [0.2, 0.25) is 0 Å². The van der Waals surface area contributed by atoms with E-state index in [-0.39, 0.29) is 0 Å². The number of rotatable bonds is 12. The molecule has 4 N–H and O–H groups in total. The molecule has 0 rings (SSSR count). The maximum atomic E-state index is 10.9. The van der Waals surface area contributed by atoms with E-state index in [0.29, 0.717) is 12.8 Å². The Bertz CT molecular complexity index is 274. The van der Waals surface area contributed by atoms with Crippen molar-refractivity contribution in [2.24, 2.45) is 5.73 Å². The molecule has 0 saturated carbocycles. The van der Waals surface area contributed by atoms with Gasteiger partial charge in [-0.1, -0.05) is 39.0 Å². The highest BCUT2D eigenvalue weighted by Gasteiger charge is 2.32. The molecule has 19 heavy (non-hydrogen) atoms. The third-order valence-corrected chi connectivity index (χ3v) is 3.90. The molecular weight excluding hydrogens is 285 g/mol. The first-order chi connectivity index (χ1) is 8.83. The summed E-state index contributed by atoms with van der Waals surface area (Å²) in [4.78, 5) is 17.8. The molecule has 7 heteroatoms. The fraction of sp³-hybridized carbons (Fsp3) is 1.00. The number of hydrogen-bond donors (Lipinski definition) is 4. The van der Waals surface area contributed by atoms with Crippen molar-refractivity contribution >= 4 is 20.5 Å². The van der Waals surface area contributed by atoms with Crippen molar-refractivity contribution < 1.29 is 18.9 Å². The average Bonchev–Trinajstić information content (AvgIpc) is 2.25. The van der Waals surface area contributed by atoms with Crippen LogP contribution in [-0.2, 0) is 9.09 Å². The first-order valence-corrected chi connectivity index (χ1v) is 9.15. The van der Waals surface area contributed by atoms with Crippen molar-refractivity contribution in [2.45, 2.75) is 70.4 Å². The second-order valence-corrected chi connectivity index (χ2v) is 6.60. The van der Waals surface area contributed by atoms with Gasteiger partial charge in [0.25, 0.3) is 0 Å². The summed E-state index contributed by atoms with van der Waals surface area (Å²) in [5, 5.41) is 0. The van der Waals surface area contributed by atoms with Crippen LogP contribution in [0.3, 0.4) is 0 Å². The van der Waals surface area contributed by atoms with Crippen molar-refractivity contribution in [3.8, 4) is 0 Å². The first kappa shape index (κ1) is 19.4. The molecule has 0 aromatic rings. The van der Waals surface area contributed by atoms with Gasteiger partial charge in [-0.25, -0.2) is 4.57 Å². The van der Waals surface area contributed by atoms with Crippen LogP contribution in [0.5, 0.6) is 0 Å². The van der Waals surface area contributed by atoms with Crippen LogP contribution in [0.15, 0.2) is 0 Å². The molecular formula is C12H28NO4PS. The number of thiol groups is 1. The molecule has 0 spiro atoms. The van der Waals surface area contributed by atoms with Gasteiger partial charge in [-0.3, -0.25) is 4.52 Å². The van der Waals surface area contributed by atoms with E-state index in [1.54, 1.807) is 0 Å². The molecule has 0 radical (unpaired) electrons. The minimum atomic E-state index is -4.52. The lowest BCUT2D eigenvalue weighted by atomic mass is 10.00. The maximum absolute atomic E-state index is 10.9. The van der Waals surface area contributed by atoms with Gasteiger partial charge in [-0.2, -0.15) is 12.6 Å². The summed E-state index contributed by atoms with van der Waals surface area (Å²) in [5.41, 5.74) is 4.74. The van der Waals surface area contributed by atoms with Crippen LogP contribution in [0.4, 0.5) is 0 Å². The molecule has 1 atom stereocenters. The minimum Gasteiger partial charge on any atom is -0.303 e. The van der Waals surface area contributed by atoms with Crippen LogP contribution in [0.2, 0.25) is 0 Å². The van der Waals surface area contributed by atoms with Gasteiger partial charge in [0, 0.05) is 0 Å². The predicted octanol–water partition coefficient (Wildman–Crippen LogP) is 3.21. The normalized spacial score (nSPS) is 15.4. The molecule has 116 valence electrons. The molecule has 0 aliphatic rings. The smallest absolute Gasteiger partial charge is 0.303 e. The molecule has 0 aromatic heterocycles. The van der Waals surface area contributed by atoms with E-state index in [1.165, 1.54) is 12.8 Å². The maximum Gasteiger partial charge on any atom is 0.471 e. The standard InChI is InChI=1S/C12H28NO4PS/c1-2-9-12(13,17-18(14,15)16)10-7-5-3-4-6-8-11-19/h19H,2-11,13H2,1H3,(H2,14,15,16). The van der Waals surface area contributed by atoms with E-state index >= 15 is 0 Å². The molecule has 5 nitrogen and oxygen atoms in total. The van der Waals surface area contributed by atoms with Gasteiger partial charge in [0.05, 0.1) is 0 Å². The summed E-state index contributed by atoms with van der Waals surface area (Å²) in [6, 6.07) is 0. The van der Waals surface area contributed by atoms with E-state index in [0.717, 1.165) is 37.9 Å². The zero-order valence-corrected chi connectivity index (χ0v) is 13.5. The quantitative estimate of drug-likeness (QED) is 0.192. The first-order valence-electron chi connectivity index (χ1n) is 6.99. The average molecular weight is 313 g/mol. The fourth-order valence-corrected chi connectivity index (χ4v) is 3.00. The second kappa shape index (κ2) is 10.2. The van der Waals surface area contributed by atoms with Crippen LogP contribution in [0.1, 0.15) is 64.7 Å². The van der Waals surface area contributed by atoms with E-state index < -0.39 is 13.5 Å². The Hall–Kier alpha value is 0.420. The summed E-state index contributed by atoms with van der Waals surface area (Å²) < 4.78 is 15.7. The Kier molecular flexibility index (Phi) is 10.4. The summed E-state index contributed by atoms with van der Waals surface area (Å²) in [5.74, 6) is 0.929. The molecule has 0 aliphatic heterocycles. The lowest BCUT2D eigenvalue weighted by Gasteiger charge is -2.29. The number of phosphoric ester groups is 1. The Balaban J connectivity index is 3.91. The van der Waals surface area contributed by atoms with Gasteiger partial charge < -0.3 is 15.5 Å². The molecule has 1 unspecified atom stereocenters. The summed E-state index contributed by atoms with van der Waals surface area (Å²) in [6.45, 7) is 1.92. The summed E-state index contributed by atoms with van der Waals surface area (Å²) in [6.07, 6.45) is 8.13. The van der Waals surface area contributed by atoms with Crippen LogP contribution in [0, 0.1) is 0 Å². The monoisotopic (exact) mass is 313 g/mol. The van der Waals surface area contributed by atoms with Crippen molar-refractivity contribution in [2.75, 3.05) is 5.75 Å². The molecule has 0 bridgehead atoms. The van der Waals surface area contributed by atoms with Gasteiger partial charge >= 0.3 is 7.82 Å². The van der Waals surface area contributed by atoms with Crippen LogP contribution >= 0.6 is 20.5 Å². The molecule has 0 heterocycles. The third-order valence-electron chi connectivity index (χ3n) is 2.98. The lowest BCUT2D eigenvalue weighted by Crippen LogP contribution is -2.41. The Labute approximate surface area is 122 Å². The van der Waals surface area contributed by atoms with Crippen LogP contribution < -0.4 is 5.73 Å². The third kappa shape index (κ3) is 11.9. The van der Waals surface area contributed by atoms with Crippen molar-refractivity contribution in [3.63, 3.8) is 0 Å². The number of unbranched alkanes of at least 4 members (excludes halogenated alkanes) is 5. The van der Waals surface area contributed by atoms with Gasteiger partial charge in [-0.15, -0.1) is 0 Å². The number of hydrogen-bond acceptors (Lipinski definition) is 4. The molecule has 0 fully saturated rings. The zero-order valence-electron chi connectivity index (χ0n) is 11.8. The van der Waals surface area contributed by atoms with E-state index in [2.05, 4.69) is 12.6 Å². The highest BCUT2D eigenvalue weighted by Crippen LogP contribution is 2.42. The highest BCUT2D eigenvalue weighted by molar-refractivity contribution is 7.80. The zero-order chi connectivity index (χ0) is 14.8. The SMILES string of the molecule is CCCC(N)(CCCCCCCCS)OP(=O)(O)O.